The number of nitrogens with zero attached hydrogens (tertiary/aromatic N) is 3. The van der Waals surface area contributed by atoms with Gasteiger partial charge >= 0.3 is 6.03 Å². The van der Waals surface area contributed by atoms with Crippen molar-refractivity contribution in [1.82, 2.24) is 15.1 Å². The van der Waals surface area contributed by atoms with Gasteiger partial charge in [0.15, 0.2) is 0 Å². The van der Waals surface area contributed by atoms with E-state index in [9.17, 15) is 9.59 Å². The molecule has 8 nitrogen and oxygen atoms in total. The van der Waals surface area contributed by atoms with Gasteiger partial charge in [-0.3, -0.25) is 9.69 Å². The summed E-state index contributed by atoms with van der Waals surface area (Å²) in [5.74, 6) is 0.629. The molecular formula is C23H37N5O3. The third kappa shape index (κ3) is 6.83. The molecule has 0 aliphatic carbocycles. The number of anilines is 2. The summed E-state index contributed by atoms with van der Waals surface area (Å²) in [7, 11) is 3.39. The highest BCUT2D eigenvalue weighted by Gasteiger charge is 2.22. The van der Waals surface area contributed by atoms with Gasteiger partial charge in [-0.25, -0.2) is 4.79 Å². The standard InChI is InChI=1S/C23H37N5O3/c1-18-7-11-28(12-8-18)21-6-5-19(25-23(30)26(2)3)17-20(21)22(29)24-9-4-10-27-13-15-31-16-14-27/h5-6,17-18H,4,7-16H2,1-3H3,(H,24,29)(H,25,30). The van der Waals surface area contributed by atoms with E-state index >= 15 is 0 Å². The van der Waals surface area contributed by atoms with E-state index < -0.39 is 0 Å². The molecule has 1 aromatic rings. The smallest absolute Gasteiger partial charge is 0.321 e. The lowest BCUT2D eigenvalue weighted by molar-refractivity contribution is 0.0374. The number of rotatable bonds is 7. The normalized spacial score (nSPS) is 18.0. The Kier molecular flexibility index (Phi) is 8.54. The van der Waals surface area contributed by atoms with Crippen molar-refractivity contribution in [2.75, 3.05) is 76.8 Å². The highest BCUT2D eigenvalue weighted by atomic mass is 16.5. The lowest BCUT2D eigenvalue weighted by Gasteiger charge is -2.33. The largest absolute Gasteiger partial charge is 0.379 e. The van der Waals surface area contributed by atoms with Crippen LogP contribution in [0.3, 0.4) is 0 Å². The van der Waals surface area contributed by atoms with E-state index in [4.69, 9.17) is 4.74 Å². The number of nitrogens with one attached hydrogen (secondary N) is 2. The Morgan fingerprint density at radius 2 is 1.84 bits per heavy atom. The minimum absolute atomic E-state index is 0.0865. The summed E-state index contributed by atoms with van der Waals surface area (Å²) < 4.78 is 5.38. The molecule has 0 radical (unpaired) electrons. The van der Waals surface area contributed by atoms with Gasteiger partial charge in [0, 0.05) is 58.2 Å². The van der Waals surface area contributed by atoms with Crippen LogP contribution in [-0.4, -0.2) is 88.3 Å². The monoisotopic (exact) mass is 431 g/mol. The van der Waals surface area contributed by atoms with E-state index in [1.54, 1.807) is 20.2 Å². The lowest BCUT2D eigenvalue weighted by atomic mass is 9.98. The number of hydrogen-bond acceptors (Lipinski definition) is 5. The summed E-state index contributed by atoms with van der Waals surface area (Å²) in [5, 5.41) is 5.94. The molecule has 0 unspecified atom stereocenters. The maximum Gasteiger partial charge on any atom is 0.321 e. The van der Waals surface area contributed by atoms with Crippen LogP contribution >= 0.6 is 0 Å². The molecule has 1 aromatic carbocycles. The van der Waals surface area contributed by atoms with Crippen LogP contribution in [-0.2, 0) is 4.74 Å². The number of hydrogen-bond donors (Lipinski definition) is 2. The Hall–Kier alpha value is -2.32. The van der Waals surface area contributed by atoms with Gasteiger partial charge in [0.25, 0.3) is 5.91 Å². The molecule has 0 aromatic heterocycles. The summed E-state index contributed by atoms with van der Waals surface area (Å²) in [6.45, 7) is 9.24. The molecule has 3 amide bonds. The van der Waals surface area contributed by atoms with Crippen molar-refractivity contribution < 1.29 is 14.3 Å². The van der Waals surface area contributed by atoms with Gasteiger partial charge < -0.3 is 25.2 Å². The second kappa shape index (κ2) is 11.3. The third-order valence-corrected chi connectivity index (χ3v) is 6.06. The van der Waals surface area contributed by atoms with Crippen LogP contribution < -0.4 is 15.5 Å². The molecule has 0 bridgehead atoms. The number of morpholine rings is 1. The molecule has 2 aliphatic heterocycles. The van der Waals surface area contributed by atoms with Crippen LogP contribution in [0, 0.1) is 5.92 Å². The lowest BCUT2D eigenvalue weighted by Crippen LogP contribution is -2.38. The quantitative estimate of drug-likeness (QED) is 0.649. The highest BCUT2D eigenvalue weighted by Crippen LogP contribution is 2.28. The summed E-state index contributed by atoms with van der Waals surface area (Å²) in [6.07, 6.45) is 3.15. The number of ether oxygens (including phenoxy) is 1. The van der Waals surface area contributed by atoms with E-state index in [2.05, 4.69) is 27.4 Å². The SMILES string of the molecule is CC1CCN(c2ccc(NC(=O)N(C)C)cc2C(=O)NCCCN2CCOCC2)CC1. The molecule has 2 heterocycles. The zero-order chi connectivity index (χ0) is 22.2. The first-order valence-electron chi connectivity index (χ1n) is 11.4. The second-order valence-corrected chi connectivity index (χ2v) is 8.79. The first kappa shape index (κ1) is 23.3. The number of urea groups is 1. The summed E-state index contributed by atoms with van der Waals surface area (Å²) in [4.78, 5) is 31.3. The first-order valence-corrected chi connectivity index (χ1v) is 11.4. The predicted molar refractivity (Wildman–Crippen MR) is 124 cm³/mol. The topological polar surface area (TPSA) is 77.2 Å². The van der Waals surface area contributed by atoms with Crippen molar-refractivity contribution in [3.8, 4) is 0 Å². The van der Waals surface area contributed by atoms with Crippen molar-refractivity contribution in [1.29, 1.82) is 0 Å². The van der Waals surface area contributed by atoms with Crippen molar-refractivity contribution in [2.24, 2.45) is 5.92 Å². The van der Waals surface area contributed by atoms with Gasteiger partial charge in [-0.15, -0.1) is 0 Å². The van der Waals surface area contributed by atoms with Crippen LogP contribution in [0.15, 0.2) is 18.2 Å². The molecule has 2 aliphatic rings. The van der Waals surface area contributed by atoms with E-state index in [1.807, 2.05) is 12.1 Å². The number of piperidine rings is 1. The molecule has 3 rings (SSSR count). The van der Waals surface area contributed by atoms with Gasteiger partial charge in [0.05, 0.1) is 18.8 Å². The zero-order valence-corrected chi connectivity index (χ0v) is 19.2. The molecular weight excluding hydrogens is 394 g/mol. The average Bonchev–Trinajstić information content (AvgIpc) is 2.78. The molecule has 2 fully saturated rings. The molecule has 0 atom stereocenters. The number of benzene rings is 1. The van der Waals surface area contributed by atoms with Gasteiger partial charge in [0.2, 0.25) is 0 Å². The van der Waals surface area contributed by atoms with Crippen molar-refractivity contribution >= 4 is 23.3 Å². The van der Waals surface area contributed by atoms with Gasteiger partial charge in [0.1, 0.15) is 0 Å². The van der Waals surface area contributed by atoms with Crippen molar-refractivity contribution in [2.45, 2.75) is 26.2 Å². The van der Waals surface area contributed by atoms with Crippen LogP contribution in [0.25, 0.3) is 0 Å². The van der Waals surface area contributed by atoms with Gasteiger partial charge in [-0.1, -0.05) is 6.92 Å². The van der Waals surface area contributed by atoms with Crippen LogP contribution in [0.1, 0.15) is 36.5 Å². The number of amides is 3. The van der Waals surface area contributed by atoms with Gasteiger partial charge in [-0.2, -0.15) is 0 Å². The van der Waals surface area contributed by atoms with E-state index in [0.29, 0.717) is 23.7 Å². The summed E-state index contributed by atoms with van der Waals surface area (Å²) in [6, 6.07) is 5.43. The number of carbonyl (C=O) groups is 2. The summed E-state index contributed by atoms with van der Waals surface area (Å²) >= 11 is 0. The Morgan fingerprint density at radius 3 is 2.52 bits per heavy atom. The van der Waals surface area contributed by atoms with E-state index in [0.717, 1.165) is 70.9 Å². The molecule has 31 heavy (non-hydrogen) atoms. The fourth-order valence-corrected chi connectivity index (χ4v) is 3.98. The average molecular weight is 432 g/mol. The van der Waals surface area contributed by atoms with Crippen LogP contribution in [0.4, 0.5) is 16.2 Å². The predicted octanol–water partition coefficient (Wildman–Crippen LogP) is 2.47. The van der Waals surface area contributed by atoms with Crippen molar-refractivity contribution in [3.05, 3.63) is 23.8 Å². The molecule has 2 N–H and O–H groups in total. The molecule has 0 spiro atoms. The molecule has 8 heteroatoms. The van der Waals surface area contributed by atoms with Crippen molar-refractivity contribution in [3.63, 3.8) is 0 Å². The molecule has 2 saturated heterocycles. The minimum atomic E-state index is -0.212. The maximum absolute atomic E-state index is 13.1. The van der Waals surface area contributed by atoms with E-state index in [-0.39, 0.29) is 11.9 Å². The molecule has 172 valence electrons. The Morgan fingerprint density at radius 1 is 1.13 bits per heavy atom. The second-order valence-electron chi connectivity index (χ2n) is 8.79. The third-order valence-electron chi connectivity index (χ3n) is 6.06. The zero-order valence-electron chi connectivity index (χ0n) is 19.2. The maximum atomic E-state index is 13.1. The summed E-state index contributed by atoms with van der Waals surface area (Å²) in [5.41, 5.74) is 2.20. The Bertz CT molecular complexity index is 741. The minimum Gasteiger partial charge on any atom is -0.379 e. The van der Waals surface area contributed by atoms with E-state index in [1.165, 1.54) is 4.90 Å². The fourth-order valence-electron chi connectivity index (χ4n) is 3.98. The fraction of sp³-hybridized carbons (Fsp3) is 0.652. The Balaban J connectivity index is 1.66. The van der Waals surface area contributed by atoms with Gasteiger partial charge in [-0.05, 0) is 49.9 Å². The number of carbonyl (C=O) groups excluding carboxylic acids is 2. The van der Waals surface area contributed by atoms with Crippen LogP contribution in [0.5, 0.6) is 0 Å². The molecule has 0 saturated carbocycles. The van der Waals surface area contributed by atoms with Crippen LogP contribution in [0.2, 0.25) is 0 Å². The Labute approximate surface area is 185 Å². The first-order chi connectivity index (χ1) is 14.9. The highest BCUT2D eigenvalue weighted by molar-refractivity contribution is 6.02.